The maximum atomic E-state index is 12.9. The molecule has 0 aromatic carbocycles. The van der Waals surface area contributed by atoms with Gasteiger partial charge >= 0.3 is 5.97 Å². The number of fused-ring (bicyclic) bond motifs is 2. The maximum Gasteiger partial charge on any atom is 0.356 e. The first kappa shape index (κ1) is 15.7. The van der Waals surface area contributed by atoms with Crippen LogP contribution in [0, 0.1) is 0 Å². The molecule has 1 fully saturated rings. The Hall–Kier alpha value is -1.15. The molecule has 3 heterocycles. The van der Waals surface area contributed by atoms with E-state index < -0.39 is 22.9 Å². The Labute approximate surface area is 133 Å². The number of ether oxygens (including phenoxy) is 2. The number of hydrogen-bond donors (Lipinski definition) is 0. The van der Waals surface area contributed by atoms with E-state index in [1.54, 1.807) is 6.07 Å². The molecule has 1 aromatic rings. The summed E-state index contributed by atoms with van der Waals surface area (Å²) in [5.41, 5.74) is 1.57. The second kappa shape index (κ2) is 5.19. The van der Waals surface area contributed by atoms with Crippen molar-refractivity contribution in [2.45, 2.75) is 37.6 Å². The number of esters is 1. The maximum absolute atomic E-state index is 12.9. The van der Waals surface area contributed by atoms with Gasteiger partial charge in [0, 0.05) is 11.4 Å². The van der Waals surface area contributed by atoms with Crippen LogP contribution < -0.4 is 0 Å². The van der Waals surface area contributed by atoms with Crippen molar-refractivity contribution < 1.29 is 18.8 Å². The molecular formula is C15H20N2O4S. The molecule has 1 aromatic heterocycles. The summed E-state index contributed by atoms with van der Waals surface area (Å²) in [6.07, 6.45) is 0. The highest BCUT2D eigenvalue weighted by molar-refractivity contribution is 7.90. The third-order valence-corrected chi connectivity index (χ3v) is 5.94. The van der Waals surface area contributed by atoms with E-state index in [4.69, 9.17) is 9.47 Å². The van der Waals surface area contributed by atoms with Crippen molar-refractivity contribution in [1.29, 1.82) is 0 Å². The second-order valence-electron chi connectivity index (χ2n) is 6.62. The van der Waals surface area contributed by atoms with Crippen LogP contribution in [0.25, 0.3) is 0 Å². The number of carbonyl (C=O) groups is 1. The lowest BCUT2D eigenvalue weighted by Crippen LogP contribution is -2.60. The number of nitrogens with zero attached hydrogens (tertiary/aromatic N) is 2. The molecule has 0 amide bonds. The van der Waals surface area contributed by atoms with Gasteiger partial charge in [-0.05, 0) is 32.4 Å². The van der Waals surface area contributed by atoms with Crippen molar-refractivity contribution in [1.82, 2.24) is 9.29 Å². The first-order valence-corrected chi connectivity index (χ1v) is 8.26. The lowest BCUT2D eigenvalue weighted by atomic mass is 9.93. The van der Waals surface area contributed by atoms with Gasteiger partial charge in [-0.1, -0.05) is 6.07 Å². The third-order valence-electron chi connectivity index (χ3n) is 4.01. The van der Waals surface area contributed by atoms with Gasteiger partial charge in [-0.2, -0.15) is 0 Å². The summed E-state index contributed by atoms with van der Waals surface area (Å²) < 4.78 is 24.6. The van der Waals surface area contributed by atoms with Gasteiger partial charge in [0.25, 0.3) is 0 Å². The van der Waals surface area contributed by atoms with Crippen LogP contribution in [-0.4, -0.2) is 44.9 Å². The summed E-state index contributed by atoms with van der Waals surface area (Å²) in [4.78, 5) is 16.2. The first-order chi connectivity index (χ1) is 10.3. The molecule has 3 rings (SSSR count). The fourth-order valence-electron chi connectivity index (χ4n) is 2.78. The SMILES string of the molecule is COC(=O)c1ccc2c(n1)C1(COC1)N([S+]([O-])C(C)(C)C)C2. The van der Waals surface area contributed by atoms with Crippen molar-refractivity contribution in [2.24, 2.45) is 0 Å². The fourth-order valence-corrected chi connectivity index (χ4v) is 4.21. The Morgan fingerprint density at radius 1 is 1.45 bits per heavy atom. The van der Waals surface area contributed by atoms with Crippen LogP contribution in [0.5, 0.6) is 0 Å². The van der Waals surface area contributed by atoms with E-state index >= 15 is 0 Å². The zero-order valence-electron chi connectivity index (χ0n) is 13.2. The molecule has 120 valence electrons. The number of rotatable bonds is 2. The summed E-state index contributed by atoms with van der Waals surface area (Å²) in [5.74, 6) is -0.464. The molecule has 1 atom stereocenters. The monoisotopic (exact) mass is 324 g/mol. The standard InChI is InChI=1S/C15H20N2O4S/c1-14(2,3)22(19)17-7-10-5-6-11(13(18)20-4)16-12(10)15(17)8-21-9-15/h5-6H,7-9H2,1-4H3. The lowest BCUT2D eigenvalue weighted by Gasteiger charge is -2.45. The largest absolute Gasteiger partial charge is 0.597 e. The van der Waals surface area contributed by atoms with E-state index in [2.05, 4.69) is 4.98 Å². The predicted molar refractivity (Wildman–Crippen MR) is 81.5 cm³/mol. The van der Waals surface area contributed by atoms with Gasteiger partial charge in [0.2, 0.25) is 0 Å². The molecule has 0 aliphatic carbocycles. The normalized spacial score (nSPS) is 21.3. The van der Waals surface area contributed by atoms with E-state index in [0.717, 1.165) is 11.3 Å². The molecule has 6 nitrogen and oxygen atoms in total. The van der Waals surface area contributed by atoms with Crippen molar-refractivity contribution in [3.63, 3.8) is 0 Å². The number of hydrogen-bond acceptors (Lipinski definition) is 6. The fraction of sp³-hybridized carbons (Fsp3) is 0.600. The van der Waals surface area contributed by atoms with Crippen molar-refractivity contribution in [3.8, 4) is 0 Å². The Bertz CT molecular complexity index is 610. The van der Waals surface area contributed by atoms with Crippen LogP contribution in [-0.2, 0) is 32.9 Å². The van der Waals surface area contributed by atoms with Crippen molar-refractivity contribution in [2.75, 3.05) is 20.3 Å². The molecule has 7 heteroatoms. The molecule has 0 bridgehead atoms. The molecule has 2 aliphatic heterocycles. The molecule has 22 heavy (non-hydrogen) atoms. The molecular weight excluding hydrogens is 304 g/mol. The van der Waals surface area contributed by atoms with Crippen LogP contribution in [0.4, 0.5) is 0 Å². The molecule has 1 saturated heterocycles. The summed E-state index contributed by atoms with van der Waals surface area (Å²) in [6, 6.07) is 3.52. The highest BCUT2D eigenvalue weighted by atomic mass is 32.2. The zero-order valence-corrected chi connectivity index (χ0v) is 14.0. The zero-order chi connectivity index (χ0) is 16.1. The van der Waals surface area contributed by atoms with E-state index in [1.165, 1.54) is 7.11 Å². The third kappa shape index (κ3) is 2.23. The molecule has 2 aliphatic rings. The van der Waals surface area contributed by atoms with Crippen molar-refractivity contribution >= 4 is 17.3 Å². The van der Waals surface area contributed by atoms with E-state index in [1.807, 2.05) is 31.1 Å². The molecule has 1 spiro atoms. The van der Waals surface area contributed by atoms with Gasteiger partial charge in [0.1, 0.15) is 10.4 Å². The minimum atomic E-state index is -1.18. The van der Waals surface area contributed by atoms with E-state index in [-0.39, 0.29) is 10.4 Å². The molecule has 0 saturated carbocycles. The van der Waals surface area contributed by atoms with Crippen molar-refractivity contribution in [3.05, 3.63) is 29.1 Å². The average molecular weight is 324 g/mol. The van der Waals surface area contributed by atoms with Gasteiger partial charge in [-0.15, -0.1) is 4.31 Å². The minimum Gasteiger partial charge on any atom is -0.597 e. The average Bonchev–Trinajstić information content (AvgIpc) is 2.78. The number of carbonyl (C=O) groups excluding carboxylic acids is 1. The Balaban J connectivity index is 2.01. The molecule has 0 radical (unpaired) electrons. The van der Waals surface area contributed by atoms with Gasteiger partial charge in [0.15, 0.2) is 5.54 Å². The van der Waals surface area contributed by atoms with Gasteiger partial charge < -0.3 is 14.0 Å². The van der Waals surface area contributed by atoms with Crippen LogP contribution in [0.2, 0.25) is 0 Å². The Morgan fingerprint density at radius 2 is 2.14 bits per heavy atom. The molecule has 1 unspecified atom stereocenters. The summed E-state index contributed by atoms with van der Waals surface area (Å²) in [7, 11) is 1.33. The van der Waals surface area contributed by atoms with E-state index in [0.29, 0.717) is 19.8 Å². The highest BCUT2D eigenvalue weighted by Crippen LogP contribution is 2.47. The summed E-state index contributed by atoms with van der Waals surface area (Å²) >= 11 is -1.18. The number of aromatic nitrogens is 1. The van der Waals surface area contributed by atoms with Crippen LogP contribution in [0.15, 0.2) is 12.1 Å². The number of methoxy groups -OCH3 is 1. The van der Waals surface area contributed by atoms with Gasteiger partial charge in [0.05, 0.1) is 32.6 Å². The minimum absolute atomic E-state index is 0.274. The second-order valence-corrected chi connectivity index (χ2v) is 8.78. The van der Waals surface area contributed by atoms with Crippen LogP contribution >= 0.6 is 0 Å². The predicted octanol–water partition coefficient (Wildman–Crippen LogP) is 1.37. The first-order valence-electron chi connectivity index (χ1n) is 7.16. The Morgan fingerprint density at radius 3 is 2.64 bits per heavy atom. The summed E-state index contributed by atoms with van der Waals surface area (Å²) in [5, 5.41) is 0. The van der Waals surface area contributed by atoms with Gasteiger partial charge in [-0.25, -0.2) is 9.78 Å². The molecule has 0 N–H and O–H groups in total. The van der Waals surface area contributed by atoms with Crippen LogP contribution in [0.1, 0.15) is 42.5 Å². The quantitative estimate of drug-likeness (QED) is 0.604. The van der Waals surface area contributed by atoms with Gasteiger partial charge in [-0.3, -0.25) is 0 Å². The van der Waals surface area contributed by atoms with E-state index in [9.17, 15) is 9.35 Å². The number of pyridine rings is 1. The highest BCUT2D eigenvalue weighted by Gasteiger charge is 2.59. The topological polar surface area (TPSA) is 74.7 Å². The summed E-state index contributed by atoms with van der Waals surface area (Å²) in [6.45, 7) is 7.29. The Kier molecular flexibility index (Phi) is 3.71. The lowest BCUT2D eigenvalue weighted by molar-refractivity contribution is -0.112. The smallest absolute Gasteiger partial charge is 0.356 e. The van der Waals surface area contributed by atoms with Crippen LogP contribution in [0.3, 0.4) is 0 Å².